The van der Waals surface area contributed by atoms with Crippen molar-refractivity contribution in [2.24, 2.45) is 0 Å². The molecule has 3 heteroatoms. The predicted molar refractivity (Wildman–Crippen MR) is 32.5 cm³/mol. The third kappa shape index (κ3) is 253. The van der Waals surface area contributed by atoms with Crippen LogP contribution in [0.2, 0.25) is 11.6 Å². The Hall–Kier alpha value is 0.782. The smallest absolute Gasteiger partial charge is 1.00 e. The largest absolute Gasteiger partial charge is 1.00 e. The Balaban J connectivity index is -0.0000000400. The van der Waals surface area contributed by atoms with Gasteiger partial charge in [0, 0.05) is 0 Å². The minimum atomic E-state index is 0. The predicted octanol–water partition coefficient (Wildman–Crippen LogP) is -2.37. The van der Waals surface area contributed by atoms with Crippen molar-refractivity contribution in [1.29, 1.82) is 0 Å². The van der Waals surface area contributed by atoms with Crippen LogP contribution in [-0.4, -0.2) is 29.3 Å². The minimum Gasteiger partial charge on any atom is -1.00 e. The first kappa shape index (κ1) is 15.7. The van der Waals surface area contributed by atoms with Gasteiger partial charge in [0.05, 0.1) is 0 Å². The number of nitrogens with one attached hydrogen (secondary N) is 1. The Morgan fingerprint density at radius 1 is 1.14 bits per heavy atom. The van der Waals surface area contributed by atoms with Gasteiger partial charge >= 0.3 is 26.8 Å². The van der Waals surface area contributed by atoms with E-state index < -0.39 is 0 Å². The molecule has 0 atom stereocenters. The van der Waals surface area contributed by atoms with Crippen LogP contribution in [0, 0.1) is 0 Å². The molecule has 0 aliphatic rings. The second-order valence-corrected chi connectivity index (χ2v) is 2.23. The number of rotatable bonds is 0. The van der Waals surface area contributed by atoms with E-state index in [9.17, 15) is 0 Å². The summed E-state index contributed by atoms with van der Waals surface area (Å²) in [5, 5.41) is 2.75. The molecule has 0 heterocycles. The van der Waals surface area contributed by atoms with Gasteiger partial charge in [0.2, 0.25) is 0 Å². The second kappa shape index (κ2) is 29.3. The summed E-state index contributed by atoms with van der Waals surface area (Å²) in [6.45, 7) is 0. The molecule has 0 aromatic heterocycles. The Labute approximate surface area is 59.0 Å². The Kier molecular flexibility index (Phi) is 65.5. The summed E-state index contributed by atoms with van der Waals surface area (Å²) < 4.78 is 0. The van der Waals surface area contributed by atoms with E-state index >= 15 is 0 Å². The van der Waals surface area contributed by atoms with Crippen molar-refractivity contribution in [3.8, 4) is 0 Å². The molecule has 0 aliphatic heterocycles. The summed E-state index contributed by atoms with van der Waals surface area (Å²) in [7, 11) is 3.75. The third-order valence-electron chi connectivity index (χ3n) is 0. The van der Waals surface area contributed by atoms with Gasteiger partial charge in [0.15, 0.2) is 0 Å². The Bertz CT molecular complexity index is 13.7. The molecule has 0 radical (unpaired) electrons. The van der Waals surface area contributed by atoms with E-state index in [0.717, 1.165) is 15.2 Å². The van der Waals surface area contributed by atoms with Crippen LogP contribution in [0.1, 0.15) is 0 Å². The maximum absolute atomic E-state index is 2.75. The van der Waals surface area contributed by atoms with E-state index in [1.165, 1.54) is 0 Å². The van der Waals surface area contributed by atoms with Crippen LogP contribution in [0.3, 0.4) is 0 Å². The molecular weight excluding hydrogens is 124 g/mol. The molecule has 1 N–H and O–H groups in total. The summed E-state index contributed by atoms with van der Waals surface area (Å²) in [6, 6.07) is 0. The molecule has 0 fully saturated rings. The first-order chi connectivity index (χ1) is 2.83. The van der Waals surface area contributed by atoms with Gasteiger partial charge in [0.25, 0.3) is 0 Å². The van der Waals surface area contributed by atoms with Gasteiger partial charge in [-0.2, -0.15) is 0 Å². The first-order valence-electron chi connectivity index (χ1n) is 2.15. The Morgan fingerprint density at radius 3 is 1.14 bits per heavy atom. The SMILES string of the molecule is CNC.[CH3][Al+][CH3].[Cl-]. The standard InChI is InChI=1S/C2H7N.2CH3.Al.ClH/c1-3-2;;;;/h3H,1-2H3;2*1H3;;1H/q;;;+1;/p-1. The first-order valence-corrected chi connectivity index (χ1v) is 4.46. The van der Waals surface area contributed by atoms with Crippen molar-refractivity contribution in [3.63, 3.8) is 0 Å². The number of halogens is 1. The molecule has 0 spiro atoms. The maximum atomic E-state index is 2.75. The van der Waals surface area contributed by atoms with Crippen LogP contribution in [0.25, 0.3) is 0 Å². The molecule has 44 valence electrons. The molecule has 7 heavy (non-hydrogen) atoms. The molecule has 0 rings (SSSR count). The number of hydrogen-bond donors (Lipinski definition) is 1. The van der Waals surface area contributed by atoms with Crippen molar-refractivity contribution in [2.45, 2.75) is 11.6 Å². The van der Waals surface area contributed by atoms with Crippen molar-refractivity contribution in [3.05, 3.63) is 0 Å². The molecule has 0 amide bonds. The van der Waals surface area contributed by atoms with Gasteiger partial charge in [-0.1, -0.05) is 0 Å². The van der Waals surface area contributed by atoms with Crippen molar-refractivity contribution >= 4 is 15.2 Å². The van der Waals surface area contributed by atoms with Gasteiger partial charge in [-0.05, 0) is 14.1 Å². The fraction of sp³-hybridized carbons (Fsp3) is 1.00. The second-order valence-electron chi connectivity index (χ2n) is 1.08. The molecule has 0 saturated carbocycles. The topological polar surface area (TPSA) is 12.0 Å². The van der Waals surface area contributed by atoms with Gasteiger partial charge < -0.3 is 17.7 Å². The molecule has 0 saturated heterocycles. The zero-order chi connectivity index (χ0) is 5.41. The van der Waals surface area contributed by atoms with E-state index in [4.69, 9.17) is 0 Å². The van der Waals surface area contributed by atoms with Crippen molar-refractivity contribution in [2.75, 3.05) is 14.1 Å². The van der Waals surface area contributed by atoms with Crippen LogP contribution in [0.5, 0.6) is 0 Å². The third-order valence-corrected chi connectivity index (χ3v) is 0. The van der Waals surface area contributed by atoms with Gasteiger partial charge in [-0.15, -0.1) is 0 Å². The van der Waals surface area contributed by atoms with Crippen molar-refractivity contribution in [1.82, 2.24) is 5.32 Å². The molecule has 0 bridgehead atoms. The molecule has 0 unspecified atom stereocenters. The number of hydrogen-bond acceptors (Lipinski definition) is 1. The van der Waals surface area contributed by atoms with E-state index in [1.54, 1.807) is 0 Å². The van der Waals surface area contributed by atoms with Gasteiger partial charge in [-0.3, -0.25) is 0 Å². The van der Waals surface area contributed by atoms with Crippen LogP contribution < -0.4 is 17.7 Å². The normalized spacial score (nSPS) is 4.00. The van der Waals surface area contributed by atoms with Gasteiger partial charge in [-0.25, -0.2) is 0 Å². The fourth-order valence-corrected chi connectivity index (χ4v) is 0. The quantitative estimate of drug-likeness (QED) is 0.368. The average Bonchev–Trinajstić information content (AvgIpc) is 1.39. The van der Waals surface area contributed by atoms with Crippen LogP contribution in [-0.2, 0) is 0 Å². The van der Waals surface area contributed by atoms with Crippen LogP contribution in [0.15, 0.2) is 0 Å². The van der Waals surface area contributed by atoms with Gasteiger partial charge in [0.1, 0.15) is 0 Å². The fourth-order valence-electron chi connectivity index (χ4n) is 0. The molecular formula is C4H13AlClN. The summed E-state index contributed by atoms with van der Waals surface area (Å²) in [6.07, 6.45) is 0. The average molecular weight is 138 g/mol. The van der Waals surface area contributed by atoms with E-state index in [1.807, 2.05) is 14.1 Å². The molecule has 1 nitrogen and oxygen atoms in total. The van der Waals surface area contributed by atoms with E-state index in [0.29, 0.717) is 0 Å². The van der Waals surface area contributed by atoms with E-state index in [-0.39, 0.29) is 12.4 Å². The maximum Gasteiger partial charge on any atom is -1.00 e. The zero-order valence-corrected chi connectivity index (χ0v) is 7.37. The zero-order valence-electron chi connectivity index (χ0n) is 5.46. The summed E-state index contributed by atoms with van der Waals surface area (Å²) in [5.74, 6) is 4.42. The van der Waals surface area contributed by atoms with Crippen LogP contribution >= 0.6 is 0 Å². The minimum absolute atomic E-state index is 0. The van der Waals surface area contributed by atoms with Crippen LogP contribution in [0.4, 0.5) is 0 Å². The molecule has 0 aromatic rings. The summed E-state index contributed by atoms with van der Waals surface area (Å²) in [4.78, 5) is 0. The summed E-state index contributed by atoms with van der Waals surface area (Å²) >= 11 is 0.750. The summed E-state index contributed by atoms with van der Waals surface area (Å²) in [5.41, 5.74) is 0. The van der Waals surface area contributed by atoms with Crippen molar-refractivity contribution < 1.29 is 12.4 Å². The monoisotopic (exact) mass is 137 g/mol. The molecule has 0 aliphatic carbocycles. The van der Waals surface area contributed by atoms with E-state index in [2.05, 4.69) is 16.9 Å². The molecule has 0 aromatic carbocycles. The Morgan fingerprint density at radius 2 is 1.14 bits per heavy atom.